The molecule has 0 amide bonds. The van der Waals surface area contributed by atoms with Crippen molar-refractivity contribution in [2.24, 2.45) is 0 Å². The molecule has 28 heavy (non-hydrogen) atoms. The Labute approximate surface area is 168 Å². The van der Waals surface area contributed by atoms with Crippen LogP contribution in [0.15, 0.2) is 53.7 Å². The fourth-order valence-electron chi connectivity index (χ4n) is 3.02. The Balaban J connectivity index is 2.02. The topological polar surface area (TPSA) is 66.2 Å². The molecular weight excluding hydrogens is 374 g/mol. The second kappa shape index (κ2) is 8.93. The first-order valence-electron chi connectivity index (χ1n) is 8.97. The highest BCUT2D eigenvalue weighted by atomic mass is 32.2. The molecule has 0 aliphatic heterocycles. The normalized spacial score (nSPS) is 11.9. The third kappa shape index (κ3) is 3.89. The molecule has 1 heterocycles. The standard InChI is InChI=1S/C21H23N3O3S/c1-5-24-19(16-12-8-9-13-17(16)26-3)22-23-21(24)28-18(20(25)27-4)15-11-7-6-10-14(15)2/h6-13,18H,5H2,1-4H3. The highest BCUT2D eigenvalue weighted by molar-refractivity contribution is 8.00. The van der Waals surface area contributed by atoms with Gasteiger partial charge in [0.15, 0.2) is 11.0 Å². The Morgan fingerprint density at radius 2 is 1.82 bits per heavy atom. The number of carbonyl (C=O) groups excluding carboxylic acids is 1. The minimum Gasteiger partial charge on any atom is -0.496 e. The highest BCUT2D eigenvalue weighted by Crippen LogP contribution is 2.39. The SMILES string of the molecule is CCn1c(SC(C(=O)OC)c2ccccc2C)nnc1-c1ccccc1OC. The van der Waals surface area contributed by atoms with E-state index in [4.69, 9.17) is 9.47 Å². The number of esters is 1. The summed E-state index contributed by atoms with van der Waals surface area (Å²) in [6.45, 7) is 4.66. The Hall–Kier alpha value is -2.80. The minimum absolute atomic E-state index is 0.316. The Kier molecular flexibility index (Phi) is 6.36. The first-order valence-corrected chi connectivity index (χ1v) is 9.85. The van der Waals surface area contributed by atoms with Crippen molar-refractivity contribution >= 4 is 17.7 Å². The molecule has 1 unspecified atom stereocenters. The van der Waals surface area contributed by atoms with Crippen molar-refractivity contribution in [3.63, 3.8) is 0 Å². The second-order valence-corrected chi connectivity index (χ2v) is 7.20. The Morgan fingerprint density at radius 1 is 1.11 bits per heavy atom. The number of thioether (sulfide) groups is 1. The van der Waals surface area contributed by atoms with E-state index in [2.05, 4.69) is 10.2 Å². The first kappa shape index (κ1) is 19.9. The number of ether oxygens (including phenoxy) is 2. The highest BCUT2D eigenvalue weighted by Gasteiger charge is 2.28. The average molecular weight is 398 g/mol. The number of hydrogen-bond donors (Lipinski definition) is 0. The summed E-state index contributed by atoms with van der Waals surface area (Å²) in [6.07, 6.45) is 0. The van der Waals surface area contributed by atoms with Crippen LogP contribution in [-0.4, -0.2) is 35.0 Å². The number of aryl methyl sites for hydroxylation is 1. The number of benzene rings is 2. The zero-order valence-electron chi connectivity index (χ0n) is 16.4. The molecule has 0 N–H and O–H groups in total. The van der Waals surface area contributed by atoms with Crippen LogP contribution in [0, 0.1) is 6.92 Å². The number of methoxy groups -OCH3 is 2. The van der Waals surface area contributed by atoms with Crippen LogP contribution in [0.3, 0.4) is 0 Å². The van der Waals surface area contributed by atoms with Gasteiger partial charge in [0.1, 0.15) is 11.0 Å². The minimum atomic E-state index is -0.522. The van der Waals surface area contributed by atoms with Crippen LogP contribution in [0.1, 0.15) is 23.3 Å². The molecule has 2 aromatic carbocycles. The fourth-order valence-corrected chi connectivity index (χ4v) is 4.25. The largest absolute Gasteiger partial charge is 0.496 e. The summed E-state index contributed by atoms with van der Waals surface area (Å²) in [6, 6.07) is 15.5. The average Bonchev–Trinajstić information content (AvgIpc) is 3.14. The van der Waals surface area contributed by atoms with Crippen LogP contribution in [-0.2, 0) is 16.1 Å². The monoisotopic (exact) mass is 397 g/mol. The smallest absolute Gasteiger partial charge is 0.323 e. The van der Waals surface area contributed by atoms with E-state index in [0.717, 1.165) is 22.4 Å². The van der Waals surface area contributed by atoms with Gasteiger partial charge < -0.3 is 14.0 Å². The van der Waals surface area contributed by atoms with E-state index >= 15 is 0 Å². The van der Waals surface area contributed by atoms with Gasteiger partial charge in [0.2, 0.25) is 0 Å². The molecule has 1 aromatic heterocycles. The molecule has 0 radical (unpaired) electrons. The van der Waals surface area contributed by atoms with Gasteiger partial charge in [-0.3, -0.25) is 4.79 Å². The van der Waals surface area contributed by atoms with Crippen molar-refractivity contribution in [3.05, 3.63) is 59.7 Å². The maximum Gasteiger partial charge on any atom is 0.323 e. The number of aromatic nitrogens is 3. The van der Waals surface area contributed by atoms with Gasteiger partial charge >= 0.3 is 5.97 Å². The molecule has 0 fully saturated rings. The lowest BCUT2D eigenvalue weighted by atomic mass is 10.1. The summed E-state index contributed by atoms with van der Waals surface area (Å²) < 4.78 is 12.5. The summed E-state index contributed by atoms with van der Waals surface area (Å²) in [7, 11) is 3.03. The number of carbonyl (C=O) groups is 1. The zero-order chi connectivity index (χ0) is 20.1. The molecule has 1 atom stereocenters. The Morgan fingerprint density at radius 3 is 2.50 bits per heavy atom. The number of para-hydroxylation sites is 1. The molecule has 3 aromatic rings. The van der Waals surface area contributed by atoms with E-state index in [1.807, 2.05) is 66.9 Å². The fraction of sp³-hybridized carbons (Fsp3) is 0.286. The molecule has 6 nitrogen and oxygen atoms in total. The van der Waals surface area contributed by atoms with Gasteiger partial charge in [0.25, 0.3) is 0 Å². The number of hydrogen-bond acceptors (Lipinski definition) is 6. The second-order valence-electron chi connectivity index (χ2n) is 6.13. The quantitative estimate of drug-likeness (QED) is 0.438. The van der Waals surface area contributed by atoms with Crippen molar-refractivity contribution in [2.75, 3.05) is 14.2 Å². The van der Waals surface area contributed by atoms with Gasteiger partial charge in [-0.15, -0.1) is 10.2 Å². The zero-order valence-corrected chi connectivity index (χ0v) is 17.2. The predicted octanol–water partition coefficient (Wildman–Crippen LogP) is 4.29. The van der Waals surface area contributed by atoms with Gasteiger partial charge in [-0.25, -0.2) is 0 Å². The summed E-state index contributed by atoms with van der Waals surface area (Å²) in [4.78, 5) is 12.5. The molecule has 7 heteroatoms. The van der Waals surface area contributed by atoms with Crippen LogP contribution in [0.5, 0.6) is 5.75 Å². The molecule has 146 valence electrons. The van der Waals surface area contributed by atoms with E-state index in [1.165, 1.54) is 18.9 Å². The molecule has 0 aliphatic rings. The van der Waals surface area contributed by atoms with Crippen LogP contribution in [0.2, 0.25) is 0 Å². The predicted molar refractivity (Wildman–Crippen MR) is 109 cm³/mol. The molecule has 0 saturated heterocycles. The summed E-state index contributed by atoms with van der Waals surface area (Å²) in [5, 5.41) is 8.88. The Bertz CT molecular complexity index is 971. The molecule has 0 saturated carbocycles. The maximum absolute atomic E-state index is 12.5. The molecule has 0 aliphatic carbocycles. The van der Waals surface area contributed by atoms with Crippen molar-refractivity contribution < 1.29 is 14.3 Å². The summed E-state index contributed by atoms with van der Waals surface area (Å²) in [5.41, 5.74) is 2.79. The van der Waals surface area contributed by atoms with Crippen molar-refractivity contribution in [1.82, 2.24) is 14.8 Å². The lowest BCUT2D eigenvalue weighted by molar-refractivity contribution is -0.140. The van der Waals surface area contributed by atoms with Gasteiger partial charge in [-0.2, -0.15) is 0 Å². The van der Waals surface area contributed by atoms with Gasteiger partial charge in [0, 0.05) is 6.54 Å². The van der Waals surface area contributed by atoms with E-state index in [1.54, 1.807) is 7.11 Å². The number of nitrogens with zero attached hydrogens (tertiary/aromatic N) is 3. The van der Waals surface area contributed by atoms with Crippen molar-refractivity contribution in [3.8, 4) is 17.1 Å². The lowest BCUT2D eigenvalue weighted by Crippen LogP contribution is -2.13. The van der Waals surface area contributed by atoms with Gasteiger partial charge in [-0.05, 0) is 37.1 Å². The lowest BCUT2D eigenvalue weighted by Gasteiger charge is -2.17. The third-order valence-electron chi connectivity index (χ3n) is 4.49. The maximum atomic E-state index is 12.5. The van der Waals surface area contributed by atoms with Crippen LogP contribution in [0.25, 0.3) is 11.4 Å². The number of rotatable bonds is 7. The van der Waals surface area contributed by atoms with Gasteiger partial charge in [-0.1, -0.05) is 48.2 Å². The third-order valence-corrected chi connectivity index (χ3v) is 5.69. The molecule has 0 spiro atoms. The van der Waals surface area contributed by atoms with E-state index < -0.39 is 5.25 Å². The van der Waals surface area contributed by atoms with Gasteiger partial charge in [0.05, 0.1) is 19.8 Å². The van der Waals surface area contributed by atoms with Crippen molar-refractivity contribution in [2.45, 2.75) is 30.8 Å². The van der Waals surface area contributed by atoms with E-state index in [0.29, 0.717) is 17.5 Å². The molecular formula is C21H23N3O3S. The molecule has 0 bridgehead atoms. The van der Waals surface area contributed by atoms with E-state index in [9.17, 15) is 4.79 Å². The summed E-state index contributed by atoms with van der Waals surface area (Å²) >= 11 is 1.34. The van der Waals surface area contributed by atoms with Crippen LogP contribution >= 0.6 is 11.8 Å². The van der Waals surface area contributed by atoms with Crippen LogP contribution < -0.4 is 4.74 Å². The van der Waals surface area contributed by atoms with E-state index in [-0.39, 0.29) is 5.97 Å². The van der Waals surface area contributed by atoms with Crippen LogP contribution in [0.4, 0.5) is 0 Å². The summed E-state index contributed by atoms with van der Waals surface area (Å²) in [5.74, 6) is 1.12. The first-order chi connectivity index (χ1) is 13.6. The molecule has 3 rings (SSSR count). The van der Waals surface area contributed by atoms with Crippen molar-refractivity contribution in [1.29, 1.82) is 0 Å².